The molecule has 0 bridgehead atoms. The van der Waals surface area contributed by atoms with E-state index in [0.29, 0.717) is 19.3 Å². The number of rotatable bonds is 7. The van der Waals surface area contributed by atoms with Crippen LogP contribution in [0.3, 0.4) is 0 Å². The fourth-order valence-corrected chi connectivity index (χ4v) is 2.30. The zero-order valence-electron chi connectivity index (χ0n) is 11.7. The maximum Gasteiger partial charge on any atom is 0.122 e. The van der Waals surface area contributed by atoms with Crippen LogP contribution in [0.1, 0.15) is 12.5 Å². The van der Waals surface area contributed by atoms with E-state index < -0.39 is 0 Å². The third kappa shape index (κ3) is 3.47. The van der Waals surface area contributed by atoms with Gasteiger partial charge in [-0.2, -0.15) is 0 Å². The van der Waals surface area contributed by atoms with Gasteiger partial charge in [-0.25, -0.2) is 0 Å². The van der Waals surface area contributed by atoms with Crippen molar-refractivity contribution < 1.29 is 14.6 Å². The summed E-state index contributed by atoms with van der Waals surface area (Å²) in [5, 5.41) is 12.9. The lowest BCUT2D eigenvalue weighted by atomic mass is 9.86. The molecule has 2 rings (SSSR count). The molecule has 4 heteroatoms. The molecule has 2 N–H and O–H groups in total. The van der Waals surface area contributed by atoms with Crippen molar-refractivity contribution in [1.82, 2.24) is 5.32 Å². The molecule has 1 atom stereocenters. The topological polar surface area (TPSA) is 50.7 Å². The first-order valence-electron chi connectivity index (χ1n) is 6.73. The van der Waals surface area contributed by atoms with Gasteiger partial charge in [0.25, 0.3) is 0 Å². The molecule has 0 aliphatic carbocycles. The Morgan fingerprint density at radius 1 is 1.42 bits per heavy atom. The lowest BCUT2D eigenvalue weighted by Crippen LogP contribution is -2.53. The highest BCUT2D eigenvalue weighted by Gasteiger charge is 2.37. The van der Waals surface area contributed by atoms with E-state index in [1.165, 1.54) is 5.56 Å². The van der Waals surface area contributed by atoms with Crippen LogP contribution in [0.4, 0.5) is 0 Å². The number of aliphatic hydroxyl groups excluding tert-OH is 1. The Bertz CT molecular complexity index is 399. The summed E-state index contributed by atoms with van der Waals surface area (Å²) in [5.41, 5.74) is 1.13. The molecule has 0 radical (unpaired) electrons. The van der Waals surface area contributed by atoms with Gasteiger partial charge in [0.05, 0.1) is 32.3 Å². The summed E-state index contributed by atoms with van der Waals surface area (Å²) in [6.07, 6.45) is 0.909. The first-order valence-corrected chi connectivity index (χ1v) is 6.73. The van der Waals surface area contributed by atoms with Crippen molar-refractivity contribution in [3.05, 3.63) is 29.8 Å². The summed E-state index contributed by atoms with van der Waals surface area (Å²) in [4.78, 5) is 0. The van der Waals surface area contributed by atoms with Crippen LogP contribution in [0, 0.1) is 5.41 Å². The van der Waals surface area contributed by atoms with Crippen LogP contribution in [0.15, 0.2) is 24.3 Å². The monoisotopic (exact) mass is 265 g/mol. The van der Waals surface area contributed by atoms with Gasteiger partial charge in [0.2, 0.25) is 0 Å². The standard InChI is InChI=1S/C15H23NO3/c1-12(16-8-15(9-17)10-19-11-15)7-13-5-3-4-6-14(13)18-2/h3-6,12,16-17H,7-11H2,1-2H3. The molecular weight excluding hydrogens is 242 g/mol. The van der Waals surface area contributed by atoms with Gasteiger partial charge in [-0.15, -0.1) is 0 Å². The average Bonchev–Trinajstić information content (AvgIpc) is 2.38. The maximum absolute atomic E-state index is 9.38. The number of para-hydroxylation sites is 1. The number of benzene rings is 1. The molecule has 1 heterocycles. The van der Waals surface area contributed by atoms with Gasteiger partial charge < -0.3 is 19.9 Å². The van der Waals surface area contributed by atoms with Gasteiger partial charge in [-0.1, -0.05) is 18.2 Å². The highest BCUT2D eigenvalue weighted by molar-refractivity contribution is 5.33. The molecule has 0 saturated carbocycles. The molecular formula is C15H23NO3. The van der Waals surface area contributed by atoms with Crippen molar-refractivity contribution >= 4 is 0 Å². The Balaban J connectivity index is 1.85. The molecule has 0 amide bonds. The first kappa shape index (κ1) is 14.3. The molecule has 1 fully saturated rings. The van der Waals surface area contributed by atoms with Gasteiger partial charge in [-0.3, -0.25) is 0 Å². The number of aliphatic hydroxyl groups is 1. The van der Waals surface area contributed by atoms with Gasteiger partial charge in [0, 0.05) is 12.6 Å². The quantitative estimate of drug-likeness (QED) is 0.778. The lowest BCUT2D eigenvalue weighted by molar-refractivity contribution is -0.135. The zero-order chi connectivity index (χ0) is 13.7. The summed E-state index contributed by atoms with van der Waals surface area (Å²) in [6, 6.07) is 8.41. The number of nitrogens with one attached hydrogen (secondary N) is 1. The van der Waals surface area contributed by atoms with Crippen molar-refractivity contribution in [2.24, 2.45) is 5.41 Å². The normalized spacial score (nSPS) is 18.7. The van der Waals surface area contributed by atoms with E-state index in [9.17, 15) is 5.11 Å². The predicted octanol–water partition coefficient (Wildman–Crippen LogP) is 1.22. The summed E-state index contributed by atoms with van der Waals surface area (Å²) >= 11 is 0. The molecule has 0 aromatic heterocycles. The van der Waals surface area contributed by atoms with Crippen LogP contribution in [0.25, 0.3) is 0 Å². The van der Waals surface area contributed by atoms with Gasteiger partial charge >= 0.3 is 0 Å². The Morgan fingerprint density at radius 3 is 2.74 bits per heavy atom. The van der Waals surface area contributed by atoms with Crippen LogP contribution in [-0.2, 0) is 11.2 Å². The van der Waals surface area contributed by atoms with E-state index in [-0.39, 0.29) is 12.0 Å². The fourth-order valence-electron chi connectivity index (χ4n) is 2.30. The van der Waals surface area contributed by atoms with Gasteiger partial charge in [-0.05, 0) is 25.0 Å². The highest BCUT2D eigenvalue weighted by Crippen LogP contribution is 2.26. The molecule has 1 aromatic rings. The van der Waals surface area contributed by atoms with Crippen LogP contribution < -0.4 is 10.1 Å². The Morgan fingerprint density at radius 2 is 2.16 bits per heavy atom. The largest absolute Gasteiger partial charge is 0.496 e. The van der Waals surface area contributed by atoms with Crippen LogP contribution >= 0.6 is 0 Å². The van der Waals surface area contributed by atoms with Crippen molar-refractivity contribution in [2.75, 3.05) is 33.5 Å². The summed E-state index contributed by atoms with van der Waals surface area (Å²) in [6.45, 7) is 4.42. The minimum absolute atomic E-state index is 0.0744. The van der Waals surface area contributed by atoms with Gasteiger partial charge in [0.1, 0.15) is 5.75 Å². The number of hydrogen-bond donors (Lipinski definition) is 2. The Labute approximate surface area is 114 Å². The molecule has 0 spiro atoms. The van der Waals surface area contributed by atoms with Gasteiger partial charge in [0.15, 0.2) is 0 Å². The predicted molar refractivity (Wildman–Crippen MR) is 74.5 cm³/mol. The van der Waals surface area contributed by atoms with Crippen molar-refractivity contribution in [2.45, 2.75) is 19.4 Å². The van der Waals surface area contributed by atoms with Crippen molar-refractivity contribution in [1.29, 1.82) is 0 Å². The van der Waals surface area contributed by atoms with E-state index in [2.05, 4.69) is 18.3 Å². The van der Waals surface area contributed by atoms with Crippen LogP contribution in [0.2, 0.25) is 0 Å². The van der Waals surface area contributed by atoms with E-state index >= 15 is 0 Å². The van der Waals surface area contributed by atoms with E-state index in [1.807, 2.05) is 18.2 Å². The van der Waals surface area contributed by atoms with Crippen molar-refractivity contribution in [3.8, 4) is 5.75 Å². The highest BCUT2D eigenvalue weighted by atomic mass is 16.5. The van der Waals surface area contributed by atoms with E-state index in [0.717, 1.165) is 18.7 Å². The molecule has 1 aromatic carbocycles. The minimum atomic E-state index is -0.0744. The van der Waals surface area contributed by atoms with Crippen molar-refractivity contribution in [3.63, 3.8) is 0 Å². The minimum Gasteiger partial charge on any atom is -0.496 e. The molecule has 1 aliphatic rings. The lowest BCUT2D eigenvalue weighted by Gasteiger charge is -2.40. The second kappa shape index (κ2) is 6.37. The summed E-state index contributed by atoms with van der Waals surface area (Å²) in [7, 11) is 1.70. The summed E-state index contributed by atoms with van der Waals surface area (Å²) in [5.74, 6) is 0.931. The second-order valence-electron chi connectivity index (χ2n) is 5.45. The third-order valence-corrected chi connectivity index (χ3v) is 3.70. The fraction of sp³-hybridized carbons (Fsp3) is 0.600. The number of hydrogen-bond acceptors (Lipinski definition) is 4. The van der Waals surface area contributed by atoms with Crippen LogP contribution in [-0.4, -0.2) is 44.6 Å². The molecule has 19 heavy (non-hydrogen) atoms. The van der Waals surface area contributed by atoms with Crippen LogP contribution in [0.5, 0.6) is 5.75 Å². The summed E-state index contributed by atoms with van der Waals surface area (Å²) < 4.78 is 10.6. The Kier molecular flexibility index (Phi) is 4.80. The SMILES string of the molecule is COc1ccccc1CC(C)NCC1(CO)COC1. The molecule has 1 saturated heterocycles. The maximum atomic E-state index is 9.38. The van der Waals surface area contributed by atoms with E-state index in [4.69, 9.17) is 9.47 Å². The smallest absolute Gasteiger partial charge is 0.122 e. The van der Waals surface area contributed by atoms with E-state index in [1.54, 1.807) is 7.11 Å². The zero-order valence-corrected chi connectivity index (χ0v) is 11.7. The molecule has 1 unspecified atom stereocenters. The second-order valence-corrected chi connectivity index (χ2v) is 5.45. The molecule has 4 nitrogen and oxygen atoms in total. The number of methoxy groups -OCH3 is 1. The Hall–Kier alpha value is -1.10. The first-order chi connectivity index (χ1) is 9.19. The number of ether oxygens (including phenoxy) is 2. The average molecular weight is 265 g/mol. The molecule has 106 valence electrons. The molecule has 1 aliphatic heterocycles. The third-order valence-electron chi connectivity index (χ3n) is 3.70.